The highest BCUT2D eigenvalue weighted by atomic mass is 35.5. The van der Waals surface area contributed by atoms with Gasteiger partial charge in [0, 0.05) is 17.7 Å². The van der Waals surface area contributed by atoms with E-state index in [1.54, 1.807) is 44.6 Å². The van der Waals surface area contributed by atoms with E-state index in [4.69, 9.17) is 44.9 Å². The molecule has 3 aromatic carbocycles. The van der Waals surface area contributed by atoms with Crippen molar-refractivity contribution in [2.75, 3.05) is 18.9 Å². The molecule has 0 unspecified atom stereocenters. The molecule has 0 fully saturated rings. The molecule has 3 aromatic rings. The number of sulfonamides is 1. The van der Waals surface area contributed by atoms with Crippen molar-refractivity contribution in [3.05, 3.63) is 81.8 Å². The monoisotopic (exact) mass is 509 g/mol. The van der Waals surface area contributed by atoms with Crippen molar-refractivity contribution in [1.82, 2.24) is 0 Å². The molecule has 0 spiro atoms. The summed E-state index contributed by atoms with van der Waals surface area (Å²) in [5.74, 6) is 1.31. The third-order valence-electron chi connectivity index (χ3n) is 4.66. The first-order valence-corrected chi connectivity index (χ1v) is 12.2. The highest BCUT2D eigenvalue weighted by molar-refractivity contribution is 7.92. The van der Waals surface area contributed by atoms with Crippen LogP contribution in [-0.2, 0) is 22.9 Å². The number of methoxy groups -OCH3 is 2. The van der Waals surface area contributed by atoms with E-state index >= 15 is 0 Å². The average molecular weight is 510 g/mol. The zero-order chi connectivity index (χ0) is 23.3. The van der Waals surface area contributed by atoms with E-state index in [0.717, 1.165) is 16.0 Å². The first kappa shape index (κ1) is 24.3. The summed E-state index contributed by atoms with van der Waals surface area (Å²) >= 11 is 17.4. The van der Waals surface area contributed by atoms with E-state index in [-0.39, 0.29) is 9.92 Å². The lowest BCUT2D eigenvalue weighted by Crippen LogP contribution is -2.13. The molecular formula is C23H21Cl2NO4S2. The van der Waals surface area contributed by atoms with Crippen LogP contribution in [0.3, 0.4) is 0 Å². The maximum Gasteiger partial charge on any atom is 0.261 e. The van der Waals surface area contributed by atoms with Crippen molar-refractivity contribution >= 4 is 56.0 Å². The molecule has 0 saturated carbocycles. The Labute approximate surface area is 203 Å². The minimum atomic E-state index is -3.76. The van der Waals surface area contributed by atoms with Crippen molar-refractivity contribution < 1.29 is 17.9 Å². The molecule has 0 aromatic heterocycles. The maximum atomic E-state index is 12.7. The molecule has 3 rings (SSSR count). The van der Waals surface area contributed by atoms with E-state index in [0.29, 0.717) is 35.1 Å². The molecule has 0 aliphatic carbocycles. The largest absolute Gasteiger partial charge is 0.493 e. The van der Waals surface area contributed by atoms with Gasteiger partial charge in [-0.25, -0.2) is 8.42 Å². The van der Waals surface area contributed by atoms with Crippen LogP contribution in [0.1, 0.15) is 11.1 Å². The second-order valence-corrected chi connectivity index (χ2v) is 10.0. The van der Waals surface area contributed by atoms with Crippen LogP contribution < -0.4 is 14.2 Å². The number of thiocarbonyl (C=S) groups is 1. The fourth-order valence-electron chi connectivity index (χ4n) is 3.07. The molecule has 32 heavy (non-hydrogen) atoms. The average Bonchev–Trinajstić information content (AvgIpc) is 2.76. The van der Waals surface area contributed by atoms with Gasteiger partial charge in [-0.3, -0.25) is 4.72 Å². The van der Waals surface area contributed by atoms with Crippen LogP contribution in [0.25, 0.3) is 0 Å². The van der Waals surface area contributed by atoms with Crippen LogP contribution in [-0.4, -0.2) is 27.5 Å². The van der Waals surface area contributed by atoms with E-state index < -0.39 is 10.0 Å². The molecule has 0 amide bonds. The number of rotatable bonds is 9. The zero-order valence-electron chi connectivity index (χ0n) is 17.4. The molecular weight excluding hydrogens is 489 g/mol. The van der Waals surface area contributed by atoms with Crippen LogP contribution in [0.4, 0.5) is 5.69 Å². The number of anilines is 1. The SMILES string of the molecule is COc1ccc(CC(=S)Cc2ccc(S(=O)(=O)Nc3ccc(Cl)c(Cl)c3)cc2)cc1OC. The van der Waals surface area contributed by atoms with Crippen LogP contribution in [0.2, 0.25) is 10.0 Å². The van der Waals surface area contributed by atoms with E-state index in [1.807, 2.05) is 18.2 Å². The third-order valence-corrected chi connectivity index (χ3v) is 7.08. The number of benzene rings is 3. The number of ether oxygens (including phenoxy) is 2. The van der Waals surface area contributed by atoms with Crippen LogP contribution in [0, 0.1) is 0 Å². The second kappa shape index (κ2) is 10.5. The Balaban J connectivity index is 1.66. The van der Waals surface area contributed by atoms with Gasteiger partial charge in [-0.1, -0.05) is 53.6 Å². The Morgan fingerprint density at radius 2 is 1.47 bits per heavy atom. The summed E-state index contributed by atoms with van der Waals surface area (Å²) in [7, 11) is -0.583. The summed E-state index contributed by atoms with van der Waals surface area (Å²) in [6.07, 6.45) is 1.14. The van der Waals surface area contributed by atoms with Gasteiger partial charge in [-0.15, -0.1) is 0 Å². The van der Waals surface area contributed by atoms with Crippen molar-refractivity contribution in [3.63, 3.8) is 0 Å². The molecule has 5 nitrogen and oxygen atoms in total. The molecule has 0 aliphatic rings. The first-order valence-electron chi connectivity index (χ1n) is 9.51. The van der Waals surface area contributed by atoms with Gasteiger partial charge in [0.05, 0.1) is 34.8 Å². The summed E-state index contributed by atoms with van der Waals surface area (Å²) in [5, 5.41) is 0.619. The number of hydrogen-bond donors (Lipinski definition) is 1. The highest BCUT2D eigenvalue weighted by Gasteiger charge is 2.15. The molecule has 0 atom stereocenters. The van der Waals surface area contributed by atoms with E-state index in [9.17, 15) is 8.42 Å². The summed E-state index contributed by atoms with van der Waals surface area (Å²) < 4.78 is 38.4. The Morgan fingerprint density at radius 3 is 2.09 bits per heavy atom. The lowest BCUT2D eigenvalue weighted by Gasteiger charge is -2.11. The molecule has 0 bridgehead atoms. The predicted octanol–water partition coefficient (Wildman–Crippen LogP) is 5.97. The van der Waals surface area contributed by atoms with Gasteiger partial charge < -0.3 is 9.47 Å². The van der Waals surface area contributed by atoms with Crippen LogP contribution in [0.5, 0.6) is 11.5 Å². The smallest absolute Gasteiger partial charge is 0.261 e. The lowest BCUT2D eigenvalue weighted by atomic mass is 10.0. The summed E-state index contributed by atoms with van der Waals surface area (Å²) in [6.45, 7) is 0. The zero-order valence-corrected chi connectivity index (χ0v) is 20.5. The molecule has 0 saturated heterocycles. The quantitative estimate of drug-likeness (QED) is 0.360. The predicted molar refractivity (Wildman–Crippen MR) is 133 cm³/mol. The van der Waals surface area contributed by atoms with Crippen LogP contribution >= 0.6 is 35.4 Å². The van der Waals surface area contributed by atoms with Gasteiger partial charge in [-0.2, -0.15) is 0 Å². The molecule has 1 N–H and O–H groups in total. The standard InChI is InChI=1S/C23H21Cl2NO4S2/c1-29-22-10-5-16(13-23(22)30-2)12-18(31)11-15-3-7-19(8-4-15)32(27,28)26-17-6-9-20(24)21(25)14-17/h3-10,13-14,26H,11-12H2,1-2H3. The lowest BCUT2D eigenvalue weighted by molar-refractivity contribution is 0.354. The molecule has 0 aliphatic heterocycles. The number of hydrogen-bond acceptors (Lipinski definition) is 5. The van der Waals surface area contributed by atoms with Crippen molar-refractivity contribution in [2.45, 2.75) is 17.7 Å². The van der Waals surface area contributed by atoms with Crippen molar-refractivity contribution in [3.8, 4) is 11.5 Å². The molecule has 168 valence electrons. The normalized spacial score (nSPS) is 11.1. The summed E-state index contributed by atoms with van der Waals surface area (Å²) in [4.78, 5) is 0.958. The number of halogens is 2. The molecule has 9 heteroatoms. The van der Waals surface area contributed by atoms with Gasteiger partial charge >= 0.3 is 0 Å². The Morgan fingerprint density at radius 1 is 0.844 bits per heavy atom. The molecule has 0 heterocycles. The third kappa shape index (κ3) is 6.13. The highest BCUT2D eigenvalue weighted by Crippen LogP contribution is 2.28. The Bertz CT molecular complexity index is 1230. The Kier molecular flexibility index (Phi) is 8.00. The van der Waals surface area contributed by atoms with Gasteiger partial charge in [-0.05, 0) is 53.6 Å². The van der Waals surface area contributed by atoms with Crippen molar-refractivity contribution in [1.29, 1.82) is 0 Å². The van der Waals surface area contributed by atoms with E-state index in [1.165, 1.54) is 12.1 Å². The van der Waals surface area contributed by atoms with E-state index in [2.05, 4.69) is 4.72 Å². The van der Waals surface area contributed by atoms with Gasteiger partial charge in [0.2, 0.25) is 0 Å². The minimum absolute atomic E-state index is 0.137. The summed E-state index contributed by atoms with van der Waals surface area (Å²) in [6, 6.07) is 16.8. The minimum Gasteiger partial charge on any atom is -0.493 e. The van der Waals surface area contributed by atoms with Crippen LogP contribution in [0.15, 0.2) is 65.6 Å². The Hall–Kier alpha value is -2.32. The molecule has 0 radical (unpaired) electrons. The van der Waals surface area contributed by atoms with Gasteiger partial charge in [0.15, 0.2) is 11.5 Å². The van der Waals surface area contributed by atoms with Gasteiger partial charge in [0.1, 0.15) is 0 Å². The fourth-order valence-corrected chi connectivity index (χ4v) is 4.75. The topological polar surface area (TPSA) is 64.6 Å². The number of nitrogens with one attached hydrogen (secondary N) is 1. The summed E-state index contributed by atoms with van der Waals surface area (Å²) in [5.41, 5.74) is 2.27. The van der Waals surface area contributed by atoms with Gasteiger partial charge in [0.25, 0.3) is 10.0 Å². The van der Waals surface area contributed by atoms with Crippen molar-refractivity contribution in [2.24, 2.45) is 0 Å². The fraction of sp³-hybridized carbons (Fsp3) is 0.174. The maximum absolute atomic E-state index is 12.7. The second-order valence-electron chi connectivity index (χ2n) is 6.96. The first-order chi connectivity index (χ1) is 15.2.